The number of nitrogens with zero attached hydrogens (tertiary/aromatic N) is 2. The van der Waals surface area contributed by atoms with E-state index in [4.69, 9.17) is 0 Å². The van der Waals surface area contributed by atoms with E-state index in [0.29, 0.717) is 6.54 Å². The van der Waals surface area contributed by atoms with Gasteiger partial charge in [0, 0.05) is 13.6 Å². The monoisotopic (exact) mass is 241 g/mol. The van der Waals surface area contributed by atoms with Crippen LogP contribution in [-0.2, 0) is 4.79 Å². The second-order valence-corrected chi connectivity index (χ2v) is 3.40. The lowest BCUT2D eigenvalue weighted by molar-refractivity contribution is -0.121. The summed E-state index contributed by atoms with van der Waals surface area (Å²) in [7, 11) is 1.63. The second-order valence-electron chi connectivity index (χ2n) is 3.40. The highest BCUT2D eigenvalue weighted by molar-refractivity contribution is 5.83. The van der Waals surface area contributed by atoms with Crippen molar-refractivity contribution in [2.24, 2.45) is 0 Å². The molecule has 1 aromatic heterocycles. The third-order valence-electron chi connectivity index (χ3n) is 2.07. The van der Waals surface area contributed by atoms with Crippen LogP contribution in [0.4, 0.5) is 16.2 Å². The highest BCUT2D eigenvalue weighted by Crippen LogP contribution is 2.12. The SMILES string of the molecule is CCNC(=O)C(C)Nc1nc(NC)ncc1F. The summed E-state index contributed by atoms with van der Waals surface area (Å²) >= 11 is 0. The van der Waals surface area contributed by atoms with Gasteiger partial charge in [-0.15, -0.1) is 0 Å². The molecule has 1 aromatic rings. The molecule has 94 valence electrons. The van der Waals surface area contributed by atoms with Crippen LogP contribution in [0.5, 0.6) is 0 Å². The van der Waals surface area contributed by atoms with Crippen LogP contribution in [0.3, 0.4) is 0 Å². The van der Waals surface area contributed by atoms with Gasteiger partial charge in [0.2, 0.25) is 11.9 Å². The smallest absolute Gasteiger partial charge is 0.242 e. The van der Waals surface area contributed by atoms with Gasteiger partial charge in [-0.3, -0.25) is 4.79 Å². The minimum Gasteiger partial charge on any atom is -0.357 e. The number of aromatic nitrogens is 2. The first-order valence-electron chi connectivity index (χ1n) is 5.33. The number of likely N-dealkylation sites (N-methyl/N-ethyl adjacent to an activating group) is 1. The van der Waals surface area contributed by atoms with Crippen molar-refractivity contribution in [3.8, 4) is 0 Å². The van der Waals surface area contributed by atoms with Gasteiger partial charge >= 0.3 is 0 Å². The van der Waals surface area contributed by atoms with E-state index >= 15 is 0 Å². The van der Waals surface area contributed by atoms with Gasteiger partial charge in [0.1, 0.15) is 6.04 Å². The van der Waals surface area contributed by atoms with E-state index in [-0.39, 0.29) is 17.7 Å². The molecule has 1 rings (SSSR count). The largest absolute Gasteiger partial charge is 0.357 e. The summed E-state index contributed by atoms with van der Waals surface area (Å²) in [6, 6.07) is -0.566. The second kappa shape index (κ2) is 5.97. The number of carbonyl (C=O) groups is 1. The van der Waals surface area contributed by atoms with Crippen LogP contribution in [0.15, 0.2) is 6.20 Å². The predicted molar refractivity (Wildman–Crippen MR) is 63.3 cm³/mol. The highest BCUT2D eigenvalue weighted by Gasteiger charge is 2.15. The molecule has 0 saturated carbocycles. The van der Waals surface area contributed by atoms with Gasteiger partial charge in [-0.2, -0.15) is 4.98 Å². The lowest BCUT2D eigenvalue weighted by atomic mass is 10.3. The lowest BCUT2D eigenvalue weighted by Crippen LogP contribution is -2.37. The van der Waals surface area contributed by atoms with Crippen LogP contribution in [0.1, 0.15) is 13.8 Å². The Kier molecular flexibility index (Phi) is 4.62. The quantitative estimate of drug-likeness (QED) is 0.703. The molecule has 0 fully saturated rings. The number of hydrogen-bond donors (Lipinski definition) is 3. The fourth-order valence-corrected chi connectivity index (χ4v) is 1.19. The van der Waals surface area contributed by atoms with Gasteiger partial charge < -0.3 is 16.0 Å². The van der Waals surface area contributed by atoms with Crippen LogP contribution in [-0.4, -0.2) is 35.5 Å². The molecule has 0 bridgehead atoms. The number of anilines is 2. The Morgan fingerprint density at radius 2 is 2.29 bits per heavy atom. The van der Waals surface area contributed by atoms with Crippen molar-refractivity contribution in [2.75, 3.05) is 24.2 Å². The topological polar surface area (TPSA) is 78.9 Å². The number of carbonyl (C=O) groups excluding carboxylic acids is 1. The molecular weight excluding hydrogens is 225 g/mol. The first-order valence-corrected chi connectivity index (χ1v) is 5.33. The van der Waals surface area contributed by atoms with Gasteiger partial charge in [-0.25, -0.2) is 9.37 Å². The van der Waals surface area contributed by atoms with Crippen LogP contribution in [0, 0.1) is 5.82 Å². The van der Waals surface area contributed by atoms with Crippen molar-refractivity contribution in [3.63, 3.8) is 0 Å². The average molecular weight is 241 g/mol. The minimum absolute atomic E-state index is 0.00287. The molecule has 6 nitrogen and oxygen atoms in total. The van der Waals surface area contributed by atoms with Gasteiger partial charge in [0.15, 0.2) is 11.6 Å². The summed E-state index contributed by atoms with van der Waals surface area (Å²) in [5.74, 6) is -0.517. The number of rotatable bonds is 5. The van der Waals surface area contributed by atoms with Crippen molar-refractivity contribution in [1.29, 1.82) is 0 Å². The van der Waals surface area contributed by atoms with Crippen molar-refractivity contribution in [3.05, 3.63) is 12.0 Å². The normalized spacial score (nSPS) is 11.8. The third kappa shape index (κ3) is 3.54. The molecule has 1 unspecified atom stereocenters. The Labute approximate surface area is 99.0 Å². The van der Waals surface area contributed by atoms with Gasteiger partial charge in [-0.05, 0) is 13.8 Å². The van der Waals surface area contributed by atoms with Crippen molar-refractivity contribution < 1.29 is 9.18 Å². The Bertz CT molecular complexity index is 398. The number of amides is 1. The number of nitrogens with one attached hydrogen (secondary N) is 3. The van der Waals surface area contributed by atoms with Crippen LogP contribution in [0.2, 0.25) is 0 Å². The van der Waals surface area contributed by atoms with E-state index in [1.807, 2.05) is 6.92 Å². The van der Waals surface area contributed by atoms with E-state index in [1.165, 1.54) is 0 Å². The van der Waals surface area contributed by atoms with Crippen LogP contribution < -0.4 is 16.0 Å². The van der Waals surface area contributed by atoms with E-state index < -0.39 is 11.9 Å². The molecule has 7 heteroatoms. The Morgan fingerprint density at radius 1 is 1.59 bits per heavy atom. The van der Waals surface area contributed by atoms with Gasteiger partial charge in [-0.1, -0.05) is 0 Å². The maximum absolute atomic E-state index is 13.4. The highest BCUT2D eigenvalue weighted by atomic mass is 19.1. The molecule has 0 aliphatic rings. The van der Waals surface area contributed by atoms with Crippen LogP contribution >= 0.6 is 0 Å². The molecule has 1 heterocycles. The lowest BCUT2D eigenvalue weighted by Gasteiger charge is -2.14. The van der Waals surface area contributed by atoms with E-state index in [9.17, 15) is 9.18 Å². The maximum atomic E-state index is 13.4. The predicted octanol–water partition coefficient (Wildman–Crippen LogP) is 0.594. The number of halogens is 1. The van der Waals surface area contributed by atoms with Crippen LogP contribution in [0.25, 0.3) is 0 Å². The van der Waals surface area contributed by atoms with Crippen molar-refractivity contribution in [1.82, 2.24) is 15.3 Å². The molecule has 0 saturated heterocycles. The molecule has 1 amide bonds. The molecule has 17 heavy (non-hydrogen) atoms. The first kappa shape index (κ1) is 13.1. The fourth-order valence-electron chi connectivity index (χ4n) is 1.19. The molecule has 1 atom stereocenters. The molecule has 0 aliphatic carbocycles. The Balaban J connectivity index is 2.76. The zero-order valence-electron chi connectivity index (χ0n) is 10.0. The summed E-state index contributed by atoms with van der Waals surface area (Å²) in [5.41, 5.74) is 0. The summed E-state index contributed by atoms with van der Waals surface area (Å²) in [6.45, 7) is 3.97. The van der Waals surface area contributed by atoms with Gasteiger partial charge in [0.05, 0.1) is 6.20 Å². The van der Waals surface area contributed by atoms with Crippen molar-refractivity contribution in [2.45, 2.75) is 19.9 Å². The van der Waals surface area contributed by atoms with Gasteiger partial charge in [0.25, 0.3) is 0 Å². The third-order valence-corrected chi connectivity index (χ3v) is 2.07. The van der Waals surface area contributed by atoms with E-state index in [1.54, 1.807) is 14.0 Å². The zero-order chi connectivity index (χ0) is 12.8. The molecule has 0 aromatic carbocycles. The summed E-state index contributed by atoms with van der Waals surface area (Å²) in [5, 5.41) is 8.01. The first-order chi connectivity index (χ1) is 8.08. The average Bonchev–Trinajstić information content (AvgIpc) is 2.32. The molecule has 0 radical (unpaired) electrons. The number of hydrogen-bond acceptors (Lipinski definition) is 5. The summed E-state index contributed by atoms with van der Waals surface area (Å²) < 4.78 is 13.4. The molecule has 0 spiro atoms. The maximum Gasteiger partial charge on any atom is 0.242 e. The van der Waals surface area contributed by atoms with E-state index in [2.05, 4.69) is 25.9 Å². The Morgan fingerprint density at radius 3 is 2.88 bits per heavy atom. The Hall–Kier alpha value is -1.92. The minimum atomic E-state index is -0.597. The molecular formula is C10H16FN5O. The molecule has 3 N–H and O–H groups in total. The summed E-state index contributed by atoms with van der Waals surface area (Å²) in [4.78, 5) is 19.1. The van der Waals surface area contributed by atoms with Crippen molar-refractivity contribution >= 4 is 17.7 Å². The zero-order valence-corrected chi connectivity index (χ0v) is 10.0. The fraction of sp³-hybridized carbons (Fsp3) is 0.500. The summed E-state index contributed by atoms with van der Waals surface area (Å²) in [6.07, 6.45) is 1.05. The van der Waals surface area contributed by atoms with E-state index in [0.717, 1.165) is 6.20 Å². The standard InChI is InChI=1S/C10H16FN5O/c1-4-13-9(17)6(2)15-8-7(11)5-14-10(12-3)16-8/h5-6H,4H2,1-3H3,(H,13,17)(H2,12,14,15,16). The molecule has 0 aliphatic heterocycles.